The molecule has 2 rings (SSSR count). The molecule has 0 bridgehead atoms. The minimum atomic E-state index is -3.59. The lowest BCUT2D eigenvalue weighted by Gasteiger charge is -2.21. The van der Waals surface area contributed by atoms with Gasteiger partial charge in [0.2, 0.25) is 10.0 Å². The summed E-state index contributed by atoms with van der Waals surface area (Å²) in [5.74, 6) is 1.33. The normalized spacial score (nSPS) is 16.1. The number of nitrogens with zero attached hydrogens (tertiary/aromatic N) is 1. The van der Waals surface area contributed by atoms with Crippen LogP contribution in [0.15, 0.2) is 9.31 Å². The minimum absolute atomic E-state index is 0.159. The molecule has 0 atom stereocenters. The number of furan rings is 1. The van der Waals surface area contributed by atoms with Gasteiger partial charge in [-0.2, -0.15) is 4.31 Å². The number of hydrogen-bond donors (Lipinski definition) is 1. The summed E-state index contributed by atoms with van der Waals surface area (Å²) >= 11 is 0. The fraction of sp³-hybridized carbons (Fsp3) is 0.714. The second-order valence-electron chi connectivity index (χ2n) is 5.49. The smallest absolute Gasteiger partial charge is 0.246 e. The first-order chi connectivity index (χ1) is 9.41. The Hall–Kier alpha value is -0.850. The highest BCUT2D eigenvalue weighted by Crippen LogP contribution is 2.34. The van der Waals surface area contributed by atoms with Crippen LogP contribution in [0.2, 0.25) is 0 Å². The summed E-state index contributed by atoms with van der Waals surface area (Å²) in [6.07, 6.45) is 2.98. The summed E-state index contributed by atoms with van der Waals surface area (Å²) in [5, 5.41) is 9.44. The Morgan fingerprint density at radius 2 is 1.95 bits per heavy atom. The zero-order valence-electron chi connectivity index (χ0n) is 12.3. The molecule has 0 spiro atoms. The number of aliphatic hydroxyl groups excluding tert-OH is 1. The molecule has 0 saturated heterocycles. The van der Waals surface area contributed by atoms with Crippen LogP contribution in [0.4, 0.5) is 0 Å². The molecule has 1 aliphatic carbocycles. The summed E-state index contributed by atoms with van der Waals surface area (Å²) in [5.41, 5.74) is 0.388. The number of aliphatic hydroxyl groups is 1. The average Bonchev–Trinajstić information content (AvgIpc) is 3.13. The van der Waals surface area contributed by atoms with Crippen LogP contribution in [0.1, 0.15) is 43.3 Å². The third-order valence-electron chi connectivity index (χ3n) is 3.71. The third kappa shape index (κ3) is 2.92. The van der Waals surface area contributed by atoms with Gasteiger partial charge >= 0.3 is 0 Å². The highest BCUT2D eigenvalue weighted by molar-refractivity contribution is 7.89. The molecule has 1 aromatic heterocycles. The van der Waals surface area contributed by atoms with Gasteiger partial charge in [0.1, 0.15) is 16.4 Å². The maximum atomic E-state index is 12.9. The molecule has 0 aliphatic heterocycles. The van der Waals surface area contributed by atoms with Gasteiger partial charge in [-0.1, -0.05) is 6.92 Å². The standard InChI is InChI=1S/C14H23NO4S/c1-4-7-15(8-12-5-6-12)20(17,18)14-11(3)19-10(2)13(14)9-16/h12,16H,4-9H2,1-3H3. The molecule has 0 unspecified atom stereocenters. The largest absolute Gasteiger partial charge is 0.465 e. The van der Waals surface area contributed by atoms with Gasteiger partial charge in [-0.15, -0.1) is 0 Å². The van der Waals surface area contributed by atoms with Gasteiger partial charge in [-0.05, 0) is 39.0 Å². The van der Waals surface area contributed by atoms with Gasteiger partial charge < -0.3 is 9.52 Å². The van der Waals surface area contributed by atoms with Crippen molar-refractivity contribution in [2.24, 2.45) is 5.92 Å². The molecule has 6 heteroatoms. The van der Waals surface area contributed by atoms with Gasteiger partial charge in [0.15, 0.2) is 0 Å². The van der Waals surface area contributed by atoms with Gasteiger partial charge in [0, 0.05) is 18.7 Å². The predicted molar refractivity (Wildman–Crippen MR) is 75.9 cm³/mol. The Balaban J connectivity index is 2.40. The predicted octanol–water partition coefficient (Wildman–Crippen LogP) is 2.20. The summed E-state index contributed by atoms with van der Waals surface area (Å²) in [6, 6.07) is 0. The van der Waals surface area contributed by atoms with E-state index in [0.29, 0.717) is 36.1 Å². The van der Waals surface area contributed by atoms with Crippen molar-refractivity contribution in [2.45, 2.75) is 51.5 Å². The average molecular weight is 301 g/mol. The molecule has 0 radical (unpaired) electrons. The Kier molecular flexibility index (Phi) is 4.56. The van der Waals surface area contributed by atoms with E-state index < -0.39 is 10.0 Å². The van der Waals surface area contributed by atoms with Crippen molar-refractivity contribution in [3.8, 4) is 0 Å². The van der Waals surface area contributed by atoms with E-state index >= 15 is 0 Å². The molecule has 1 aromatic rings. The zero-order valence-corrected chi connectivity index (χ0v) is 13.2. The monoisotopic (exact) mass is 301 g/mol. The highest BCUT2D eigenvalue weighted by atomic mass is 32.2. The molecule has 1 heterocycles. The van der Waals surface area contributed by atoms with Gasteiger partial charge in [-0.25, -0.2) is 8.42 Å². The number of hydrogen-bond acceptors (Lipinski definition) is 4. The Morgan fingerprint density at radius 1 is 1.30 bits per heavy atom. The lowest BCUT2D eigenvalue weighted by Crippen LogP contribution is -2.34. The Labute approximate surface area is 120 Å². The Morgan fingerprint density at radius 3 is 2.45 bits per heavy atom. The summed E-state index contributed by atoms with van der Waals surface area (Å²) in [4.78, 5) is 0.159. The van der Waals surface area contributed by atoms with Crippen LogP contribution >= 0.6 is 0 Å². The summed E-state index contributed by atoms with van der Waals surface area (Å²) < 4.78 is 32.7. The lowest BCUT2D eigenvalue weighted by molar-refractivity contribution is 0.276. The SMILES string of the molecule is CCCN(CC1CC1)S(=O)(=O)c1c(C)oc(C)c1CO. The van der Waals surface area contributed by atoms with Gasteiger partial charge in [0.25, 0.3) is 0 Å². The molecule has 5 nitrogen and oxygen atoms in total. The van der Waals surface area contributed by atoms with E-state index in [4.69, 9.17) is 4.42 Å². The van der Waals surface area contributed by atoms with E-state index in [0.717, 1.165) is 19.3 Å². The van der Waals surface area contributed by atoms with Gasteiger partial charge in [0.05, 0.1) is 6.61 Å². The first kappa shape index (κ1) is 15.5. The van der Waals surface area contributed by atoms with Crippen LogP contribution in [-0.2, 0) is 16.6 Å². The molecule has 1 aliphatic rings. The maximum absolute atomic E-state index is 12.9. The molecular weight excluding hydrogens is 278 g/mol. The molecule has 0 amide bonds. The van der Waals surface area contributed by atoms with Crippen LogP contribution in [0.3, 0.4) is 0 Å². The quantitative estimate of drug-likeness (QED) is 0.838. The molecular formula is C14H23NO4S. The van der Waals surface area contributed by atoms with Crippen molar-refractivity contribution in [3.63, 3.8) is 0 Å². The fourth-order valence-electron chi connectivity index (χ4n) is 2.51. The minimum Gasteiger partial charge on any atom is -0.465 e. The second-order valence-corrected chi connectivity index (χ2v) is 7.36. The lowest BCUT2D eigenvalue weighted by atomic mass is 10.2. The van der Waals surface area contributed by atoms with E-state index in [1.165, 1.54) is 0 Å². The van der Waals surface area contributed by atoms with E-state index in [2.05, 4.69) is 0 Å². The van der Waals surface area contributed by atoms with E-state index in [1.807, 2.05) is 6.92 Å². The van der Waals surface area contributed by atoms with Crippen LogP contribution < -0.4 is 0 Å². The number of sulfonamides is 1. The zero-order chi connectivity index (χ0) is 14.9. The molecule has 0 aromatic carbocycles. The number of aryl methyl sites for hydroxylation is 2. The van der Waals surface area contributed by atoms with Crippen LogP contribution in [0, 0.1) is 19.8 Å². The maximum Gasteiger partial charge on any atom is 0.246 e. The van der Waals surface area contributed by atoms with Gasteiger partial charge in [-0.3, -0.25) is 0 Å². The van der Waals surface area contributed by atoms with Crippen LogP contribution in [0.25, 0.3) is 0 Å². The highest BCUT2D eigenvalue weighted by Gasteiger charge is 2.35. The third-order valence-corrected chi connectivity index (χ3v) is 5.77. The van der Waals surface area contributed by atoms with E-state index in [9.17, 15) is 13.5 Å². The van der Waals surface area contributed by atoms with Crippen molar-refractivity contribution in [3.05, 3.63) is 17.1 Å². The molecule has 114 valence electrons. The first-order valence-corrected chi connectivity index (χ1v) is 8.55. The first-order valence-electron chi connectivity index (χ1n) is 7.11. The van der Waals surface area contributed by atoms with Crippen LogP contribution in [0.5, 0.6) is 0 Å². The van der Waals surface area contributed by atoms with Crippen molar-refractivity contribution < 1.29 is 17.9 Å². The van der Waals surface area contributed by atoms with Crippen molar-refractivity contribution in [1.82, 2.24) is 4.31 Å². The molecule has 1 fully saturated rings. The molecule has 20 heavy (non-hydrogen) atoms. The van der Waals surface area contributed by atoms with Crippen molar-refractivity contribution >= 4 is 10.0 Å². The molecule has 1 N–H and O–H groups in total. The van der Waals surface area contributed by atoms with E-state index in [-0.39, 0.29) is 11.5 Å². The second kappa shape index (κ2) is 5.87. The Bertz CT molecular complexity index is 572. The molecule has 1 saturated carbocycles. The van der Waals surface area contributed by atoms with E-state index in [1.54, 1.807) is 18.2 Å². The van der Waals surface area contributed by atoms with Crippen molar-refractivity contribution in [1.29, 1.82) is 0 Å². The fourth-order valence-corrected chi connectivity index (χ4v) is 4.52. The summed E-state index contributed by atoms with van der Waals surface area (Å²) in [6.45, 7) is 6.05. The summed E-state index contributed by atoms with van der Waals surface area (Å²) in [7, 11) is -3.59. The van der Waals surface area contributed by atoms with Crippen LogP contribution in [-0.4, -0.2) is 30.9 Å². The topological polar surface area (TPSA) is 70.8 Å². The number of rotatable bonds is 7. The van der Waals surface area contributed by atoms with Crippen molar-refractivity contribution in [2.75, 3.05) is 13.1 Å².